The maximum atomic E-state index is 12.5. The van der Waals surface area contributed by atoms with E-state index < -0.39 is 35.9 Å². The van der Waals surface area contributed by atoms with Crippen LogP contribution in [0.1, 0.15) is 11.3 Å². The summed E-state index contributed by atoms with van der Waals surface area (Å²) in [5.41, 5.74) is 7.30. The fourth-order valence-corrected chi connectivity index (χ4v) is 2.78. The molecule has 0 aliphatic rings. The van der Waals surface area contributed by atoms with E-state index in [1.165, 1.54) is 6.33 Å². The Hall–Kier alpha value is -2.85. The van der Waals surface area contributed by atoms with E-state index in [2.05, 4.69) is 33.2 Å². The molecule has 2 aromatic rings. The van der Waals surface area contributed by atoms with Crippen molar-refractivity contribution >= 4 is 30.4 Å². The summed E-state index contributed by atoms with van der Waals surface area (Å²) in [6, 6.07) is 5.89. The number of carbonyl (C=O) groups is 3. The Morgan fingerprint density at radius 2 is 1.79 bits per heavy atom. The van der Waals surface area contributed by atoms with Crippen molar-refractivity contribution in [3.8, 4) is 0 Å². The van der Waals surface area contributed by atoms with Crippen LogP contribution in [0.15, 0.2) is 42.9 Å². The smallest absolute Gasteiger partial charge is 0.326 e. The summed E-state index contributed by atoms with van der Waals surface area (Å²) in [5, 5.41) is 14.4. The number of aliphatic carboxylic acids is 1. The molecule has 2 rings (SSSR count). The summed E-state index contributed by atoms with van der Waals surface area (Å²) in [4.78, 5) is 42.9. The lowest BCUT2D eigenvalue weighted by molar-refractivity contribution is -0.142. The number of H-pyrrole nitrogens is 1. The van der Waals surface area contributed by atoms with Gasteiger partial charge in [-0.1, -0.05) is 30.3 Å². The monoisotopic (exact) mass is 405 g/mol. The van der Waals surface area contributed by atoms with Crippen molar-refractivity contribution in [3.63, 3.8) is 0 Å². The van der Waals surface area contributed by atoms with Crippen LogP contribution >= 0.6 is 12.6 Å². The number of nitrogens with one attached hydrogen (secondary N) is 3. The zero-order chi connectivity index (χ0) is 20.5. The lowest BCUT2D eigenvalue weighted by Crippen LogP contribution is -2.55. The van der Waals surface area contributed by atoms with E-state index in [1.807, 2.05) is 6.07 Å². The van der Waals surface area contributed by atoms with Gasteiger partial charge in [0.1, 0.15) is 12.1 Å². The third kappa shape index (κ3) is 6.39. The summed E-state index contributed by atoms with van der Waals surface area (Å²) in [7, 11) is 0. The second kappa shape index (κ2) is 10.5. The van der Waals surface area contributed by atoms with Gasteiger partial charge >= 0.3 is 5.97 Å². The number of carbonyl (C=O) groups excluding carboxylic acids is 2. The van der Waals surface area contributed by atoms with Gasteiger partial charge < -0.3 is 26.5 Å². The topological polar surface area (TPSA) is 150 Å². The number of aromatic nitrogens is 2. The Labute approximate surface area is 167 Å². The molecule has 1 aromatic carbocycles. The second-order valence-corrected chi connectivity index (χ2v) is 6.59. The molecule has 28 heavy (non-hydrogen) atoms. The normalized spacial score (nSPS) is 13.9. The number of nitrogens with two attached hydrogens (primary N) is 1. The molecule has 0 fully saturated rings. The van der Waals surface area contributed by atoms with E-state index in [1.54, 1.807) is 30.5 Å². The molecule has 0 saturated heterocycles. The number of aromatic amines is 1. The summed E-state index contributed by atoms with van der Waals surface area (Å²) >= 11 is 4.08. The molecule has 0 aliphatic carbocycles. The highest BCUT2D eigenvalue weighted by atomic mass is 32.1. The number of imidazole rings is 1. The van der Waals surface area contributed by atoms with Crippen LogP contribution in [0.5, 0.6) is 0 Å². The van der Waals surface area contributed by atoms with Crippen molar-refractivity contribution in [3.05, 3.63) is 54.1 Å². The molecule has 10 heteroatoms. The van der Waals surface area contributed by atoms with Crippen LogP contribution in [-0.4, -0.2) is 56.7 Å². The Morgan fingerprint density at radius 3 is 2.36 bits per heavy atom. The van der Waals surface area contributed by atoms with E-state index in [9.17, 15) is 19.5 Å². The molecule has 0 saturated carbocycles. The first-order valence-electron chi connectivity index (χ1n) is 8.62. The minimum absolute atomic E-state index is 0.00791. The molecule has 150 valence electrons. The van der Waals surface area contributed by atoms with E-state index in [0.717, 1.165) is 5.56 Å². The van der Waals surface area contributed by atoms with Crippen molar-refractivity contribution in [2.75, 3.05) is 5.75 Å². The number of nitrogens with zero attached hydrogens (tertiary/aromatic N) is 1. The Balaban J connectivity index is 1.94. The number of benzene rings is 1. The third-order valence-electron chi connectivity index (χ3n) is 4.04. The zero-order valence-corrected chi connectivity index (χ0v) is 15.9. The Morgan fingerprint density at radius 1 is 1.11 bits per heavy atom. The van der Waals surface area contributed by atoms with Crippen LogP contribution in [0.2, 0.25) is 0 Å². The summed E-state index contributed by atoms with van der Waals surface area (Å²) in [6.07, 6.45) is 3.37. The van der Waals surface area contributed by atoms with Crippen LogP contribution in [0.4, 0.5) is 0 Å². The highest BCUT2D eigenvalue weighted by Gasteiger charge is 2.27. The van der Waals surface area contributed by atoms with Gasteiger partial charge in [0.2, 0.25) is 11.8 Å². The van der Waals surface area contributed by atoms with Crippen molar-refractivity contribution < 1.29 is 19.5 Å². The van der Waals surface area contributed by atoms with Gasteiger partial charge in [-0.2, -0.15) is 12.6 Å². The van der Waals surface area contributed by atoms with Gasteiger partial charge in [-0.25, -0.2) is 9.78 Å². The summed E-state index contributed by atoms with van der Waals surface area (Å²) < 4.78 is 0. The number of hydrogen-bond acceptors (Lipinski definition) is 6. The van der Waals surface area contributed by atoms with Gasteiger partial charge in [-0.15, -0.1) is 0 Å². The molecule has 9 nitrogen and oxygen atoms in total. The first kappa shape index (κ1) is 21.5. The molecule has 1 aromatic heterocycles. The average Bonchev–Trinajstić information content (AvgIpc) is 3.18. The SMILES string of the molecule is N[C@@H](Cc1cnc[nH]1)C(=O)N[C@@H](CS)C(=O)N[C@@H](Cc1ccccc1)C(=O)O. The first-order valence-corrected chi connectivity index (χ1v) is 9.25. The second-order valence-electron chi connectivity index (χ2n) is 6.22. The molecule has 0 unspecified atom stereocenters. The maximum Gasteiger partial charge on any atom is 0.326 e. The van der Waals surface area contributed by atoms with E-state index >= 15 is 0 Å². The summed E-state index contributed by atoms with van der Waals surface area (Å²) in [6.45, 7) is 0. The standard InChI is InChI=1S/C18H23N5O4S/c19-13(7-12-8-20-10-21-12)16(24)23-15(9-28)17(25)22-14(18(26)27)6-11-4-2-1-3-5-11/h1-5,8,10,13-15,28H,6-7,9,19H2,(H,20,21)(H,22,25)(H,23,24)(H,26,27)/t13-,14-,15-/m0/s1. The molecule has 1 heterocycles. The van der Waals surface area contributed by atoms with E-state index in [4.69, 9.17) is 5.73 Å². The number of carboxylic acids is 1. The van der Waals surface area contributed by atoms with Crippen LogP contribution < -0.4 is 16.4 Å². The van der Waals surface area contributed by atoms with Gasteiger partial charge in [-0.3, -0.25) is 9.59 Å². The largest absolute Gasteiger partial charge is 0.480 e. The molecule has 2 amide bonds. The van der Waals surface area contributed by atoms with Crippen molar-refractivity contribution in [2.45, 2.75) is 31.0 Å². The fourth-order valence-electron chi connectivity index (χ4n) is 2.52. The lowest BCUT2D eigenvalue weighted by Gasteiger charge is -2.21. The molecule has 0 aliphatic heterocycles. The molecule has 6 N–H and O–H groups in total. The predicted octanol–water partition coefficient (Wildman–Crippen LogP) is -0.494. The molecular weight excluding hydrogens is 382 g/mol. The van der Waals surface area contributed by atoms with Crippen LogP contribution in [0.3, 0.4) is 0 Å². The molecular formula is C18H23N5O4S. The number of carboxylic acid groups (broad SMARTS) is 1. The lowest BCUT2D eigenvalue weighted by atomic mass is 10.1. The predicted molar refractivity (Wildman–Crippen MR) is 106 cm³/mol. The molecule has 0 bridgehead atoms. The molecule has 3 atom stereocenters. The number of hydrogen-bond donors (Lipinski definition) is 6. The van der Waals surface area contributed by atoms with Gasteiger partial charge in [0, 0.05) is 30.5 Å². The third-order valence-corrected chi connectivity index (χ3v) is 4.41. The average molecular weight is 405 g/mol. The van der Waals surface area contributed by atoms with E-state index in [-0.39, 0.29) is 18.6 Å². The fraction of sp³-hybridized carbons (Fsp3) is 0.333. The van der Waals surface area contributed by atoms with Crippen molar-refractivity contribution in [1.29, 1.82) is 0 Å². The van der Waals surface area contributed by atoms with Gasteiger partial charge in [0.25, 0.3) is 0 Å². The summed E-state index contributed by atoms with van der Waals surface area (Å²) in [5.74, 6) is -2.36. The van der Waals surface area contributed by atoms with Gasteiger partial charge in [-0.05, 0) is 5.56 Å². The highest BCUT2D eigenvalue weighted by molar-refractivity contribution is 7.80. The Kier molecular flexibility index (Phi) is 8.02. The van der Waals surface area contributed by atoms with Gasteiger partial charge in [0.05, 0.1) is 12.4 Å². The minimum Gasteiger partial charge on any atom is -0.480 e. The van der Waals surface area contributed by atoms with Crippen LogP contribution in [-0.2, 0) is 27.2 Å². The first-order chi connectivity index (χ1) is 13.4. The van der Waals surface area contributed by atoms with E-state index in [0.29, 0.717) is 5.69 Å². The maximum absolute atomic E-state index is 12.5. The number of amides is 2. The number of thiol groups is 1. The number of rotatable bonds is 10. The molecule has 0 spiro atoms. The Bertz CT molecular complexity index is 785. The molecule has 0 radical (unpaired) electrons. The van der Waals surface area contributed by atoms with Crippen LogP contribution in [0.25, 0.3) is 0 Å². The quantitative estimate of drug-likeness (QED) is 0.294. The van der Waals surface area contributed by atoms with Crippen molar-refractivity contribution in [2.24, 2.45) is 5.73 Å². The van der Waals surface area contributed by atoms with Gasteiger partial charge in [0.15, 0.2) is 0 Å². The highest BCUT2D eigenvalue weighted by Crippen LogP contribution is 2.04. The van der Waals surface area contributed by atoms with Crippen LogP contribution in [0, 0.1) is 0 Å². The minimum atomic E-state index is -1.17. The van der Waals surface area contributed by atoms with Crippen molar-refractivity contribution in [1.82, 2.24) is 20.6 Å². The zero-order valence-electron chi connectivity index (χ0n) is 15.0.